The summed E-state index contributed by atoms with van der Waals surface area (Å²) in [6.07, 6.45) is 1.49. The van der Waals surface area contributed by atoms with E-state index in [-0.39, 0.29) is 5.91 Å². The SMILES string of the molecule is Cc1noc(C)c1-c1ccc(CNC(=O)c2cnc3c(c(C)nn3C)c2Cl)cc1. The van der Waals surface area contributed by atoms with Crippen LogP contribution in [0.25, 0.3) is 22.2 Å². The van der Waals surface area contributed by atoms with Crippen molar-refractivity contribution >= 4 is 28.5 Å². The molecule has 0 aliphatic carbocycles. The number of carbonyl (C=O) groups is 1. The fraction of sp³-hybridized carbons (Fsp3) is 0.238. The first-order valence-corrected chi connectivity index (χ1v) is 9.52. The van der Waals surface area contributed by atoms with Crippen LogP contribution in [0.3, 0.4) is 0 Å². The molecule has 0 saturated carbocycles. The number of benzene rings is 1. The van der Waals surface area contributed by atoms with Gasteiger partial charge in [-0.2, -0.15) is 5.10 Å². The van der Waals surface area contributed by atoms with Gasteiger partial charge in [-0.15, -0.1) is 0 Å². The van der Waals surface area contributed by atoms with Gasteiger partial charge in [-0.3, -0.25) is 9.48 Å². The Hall–Kier alpha value is -3.19. The number of fused-ring (bicyclic) bond motifs is 1. The number of nitrogens with one attached hydrogen (secondary N) is 1. The molecule has 0 bridgehead atoms. The third kappa shape index (κ3) is 3.38. The van der Waals surface area contributed by atoms with Crippen LogP contribution < -0.4 is 5.32 Å². The van der Waals surface area contributed by atoms with Crippen molar-refractivity contribution in [3.05, 3.63) is 63.8 Å². The highest BCUT2D eigenvalue weighted by Gasteiger charge is 2.18. The summed E-state index contributed by atoms with van der Waals surface area (Å²) < 4.78 is 6.88. The minimum absolute atomic E-state index is 0.276. The second-order valence-corrected chi connectivity index (χ2v) is 7.35. The smallest absolute Gasteiger partial charge is 0.254 e. The number of hydrogen-bond acceptors (Lipinski definition) is 5. The van der Waals surface area contributed by atoms with Gasteiger partial charge < -0.3 is 9.84 Å². The van der Waals surface area contributed by atoms with Crippen LogP contribution in [-0.2, 0) is 13.6 Å². The molecular weight excluding hydrogens is 390 g/mol. The molecule has 0 aliphatic heterocycles. The lowest BCUT2D eigenvalue weighted by molar-refractivity contribution is 0.0951. The molecule has 1 aromatic carbocycles. The molecule has 3 heterocycles. The van der Waals surface area contributed by atoms with E-state index in [4.69, 9.17) is 16.1 Å². The minimum Gasteiger partial charge on any atom is -0.361 e. The summed E-state index contributed by atoms with van der Waals surface area (Å²) in [4.78, 5) is 17.0. The number of nitrogens with zero attached hydrogens (tertiary/aromatic N) is 4. The Kier molecular flexibility index (Phi) is 4.84. The van der Waals surface area contributed by atoms with Gasteiger partial charge in [-0.1, -0.05) is 41.0 Å². The molecule has 3 aromatic heterocycles. The van der Waals surface area contributed by atoms with E-state index in [1.807, 2.05) is 45.0 Å². The predicted octanol–water partition coefficient (Wildman–Crippen LogP) is 4.13. The first-order valence-electron chi connectivity index (χ1n) is 9.15. The Bertz CT molecular complexity index is 1200. The molecular formula is C21H20ClN5O2. The number of aromatic nitrogens is 4. The van der Waals surface area contributed by atoms with Gasteiger partial charge in [0, 0.05) is 25.4 Å². The summed E-state index contributed by atoms with van der Waals surface area (Å²) in [6, 6.07) is 7.92. The van der Waals surface area contributed by atoms with Gasteiger partial charge >= 0.3 is 0 Å². The Labute approximate surface area is 172 Å². The monoisotopic (exact) mass is 409 g/mol. The summed E-state index contributed by atoms with van der Waals surface area (Å²) in [5.74, 6) is 0.509. The maximum Gasteiger partial charge on any atom is 0.254 e. The molecule has 0 fully saturated rings. The molecule has 0 unspecified atom stereocenters. The minimum atomic E-state index is -0.276. The molecule has 0 atom stereocenters. The largest absolute Gasteiger partial charge is 0.361 e. The highest BCUT2D eigenvalue weighted by molar-refractivity contribution is 6.38. The molecule has 148 valence electrons. The fourth-order valence-electron chi connectivity index (χ4n) is 3.49. The number of pyridine rings is 1. The van der Waals surface area contributed by atoms with Crippen LogP contribution in [-0.4, -0.2) is 25.8 Å². The molecule has 29 heavy (non-hydrogen) atoms. The highest BCUT2D eigenvalue weighted by Crippen LogP contribution is 2.29. The first-order chi connectivity index (χ1) is 13.9. The van der Waals surface area contributed by atoms with Crippen LogP contribution in [0.15, 0.2) is 35.0 Å². The van der Waals surface area contributed by atoms with Crippen molar-refractivity contribution in [2.45, 2.75) is 27.3 Å². The van der Waals surface area contributed by atoms with E-state index in [1.165, 1.54) is 6.20 Å². The van der Waals surface area contributed by atoms with Crippen molar-refractivity contribution in [1.29, 1.82) is 0 Å². The van der Waals surface area contributed by atoms with Crippen molar-refractivity contribution in [1.82, 2.24) is 25.2 Å². The number of amides is 1. The lowest BCUT2D eigenvalue weighted by Gasteiger charge is -2.08. The highest BCUT2D eigenvalue weighted by atomic mass is 35.5. The van der Waals surface area contributed by atoms with Crippen LogP contribution in [0.2, 0.25) is 5.02 Å². The zero-order valence-electron chi connectivity index (χ0n) is 16.6. The van der Waals surface area contributed by atoms with Crippen molar-refractivity contribution in [2.24, 2.45) is 7.05 Å². The Morgan fingerprint density at radius 3 is 2.55 bits per heavy atom. The van der Waals surface area contributed by atoms with Crippen LogP contribution in [0, 0.1) is 20.8 Å². The molecule has 7 nitrogen and oxygen atoms in total. The van der Waals surface area contributed by atoms with E-state index in [0.717, 1.165) is 33.8 Å². The van der Waals surface area contributed by atoms with E-state index in [1.54, 1.807) is 11.7 Å². The van der Waals surface area contributed by atoms with Crippen LogP contribution in [0.1, 0.15) is 33.1 Å². The Balaban J connectivity index is 1.51. The van der Waals surface area contributed by atoms with Crippen molar-refractivity contribution < 1.29 is 9.32 Å². The van der Waals surface area contributed by atoms with Gasteiger partial charge in [0.2, 0.25) is 0 Å². The maximum atomic E-state index is 12.7. The Morgan fingerprint density at radius 2 is 1.90 bits per heavy atom. The number of aryl methyl sites for hydroxylation is 4. The van der Waals surface area contributed by atoms with Crippen molar-refractivity contribution in [3.63, 3.8) is 0 Å². The Morgan fingerprint density at radius 1 is 1.17 bits per heavy atom. The summed E-state index contributed by atoms with van der Waals surface area (Å²) in [5.41, 5.74) is 5.58. The summed E-state index contributed by atoms with van der Waals surface area (Å²) >= 11 is 6.48. The number of hydrogen-bond donors (Lipinski definition) is 1. The number of carbonyl (C=O) groups excluding carboxylic acids is 1. The topological polar surface area (TPSA) is 85.8 Å². The molecule has 4 rings (SSSR count). The van der Waals surface area contributed by atoms with E-state index >= 15 is 0 Å². The lowest BCUT2D eigenvalue weighted by Crippen LogP contribution is -2.23. The fourth-order valence-corrected chi connectivity index (χ4v) is 3.84. The lowest BCUT2D eigenvalue weighted by atomic mass is 10.0. The van der Waals surface area contributed by atoms with Gasteiger partial charge in [0.05, 0.1) is 27.4 Å². The van der Waals surface area contributed by atoms with Crippen molar-refractivity contribution in [2.75, 3.05) is 0 Å². The maximum absolute atomic E-state index is 12.7. The quantitative estimate of drug-likeness (QED) is 0.547. The van der Waals surface area contributed by atoms with E-state index < -0.39 is 0 Å². The molecule has 1 amide bonds. The van der Waals surface area contributed by atoms with Gasteiger partial charge in [-0.05, 0) is 31.9 Å². The molecule has 0 aliphatic rings. The van der Waals surface area contributed by atoms with Gasteiger partial charge in [0.15, 0.2) is 5.65 Å². The van der Waals surface area contributed by atoms with Gasteiger partial charge in [0.25, 0.3) is 5.91 Å². The van der Waals surface area contributed by atoms with Gasteiger partial charge in [-0.25, -0.2) is 4.98 Å². The number of halogens is 1. The molecule has 0 spiro atoms. The van der Waals surface area contributed by atoms with E-state index in [0.29, 0.717) is 28.2 Å². The second-order valence-electron chi connectivity index (χ2n) is 6.97. The summed E-state index contributed by atoms with van der Waals surface area (Å²) in [7, 11) is 1.80. The zero-order chi connectivity index (χ0) is 20.7. The van der Waals surface area contributed by atoms with E-state index in [9.17, 15) is 4.79 Å². The average molecular weight is 410 g/mol. The normalized spacial score (nSPS) is 11.2. The van der Waals surface area contributed by atoms with Crippen LogP contribution >= 0.6 is 11.6 Å². The second kappa shape index (κ2) is 7.33. The zero-order valence-corrected chi connectivity index (χ0v) is 17.3. The number of rotatable bonds is 4. The van der Waals surface area contributed by atoms with E-state index in [2.05, 4.69) is 20.6 Å². The molecule has 0 saturated heterocycles. The van der Waals surface area contributed by atoms with Crippen LogP contribution in [0.5, 0.6) is 0 Å². The van der Waals surface area contributed by atoms with Gasteiger partial charge in [0.1, 0.15) is 5.76 Å². The summed E-state index contributed by atoms with van der Waals surface area (Å²) in [5, 5.41) is 12.3. The third-order valence-corrected chi connectivity index (χ3v) is 5.33. The standard InChI is InChI=1S/C21H20ClN5O2/c1-11-18-19(22)16(10-23-20(18)27(4)25-11)21(28)24-9-14-5-7-15(8-6-14)17-12(2)26-29-13(17)3/h5-8,10H,9H2,1-4H3,(H,24,28). The molecule has 4 aromatic rings. The molecule has 8 heteroatoms. The predicted molar refractivity (Wildman–Crippen MR) is 111 cm³/mol. The molecule has 0 radical (unpaired) electrons. The first kappa shape index (κ1) is 19.1. The summed E-state index contributed by atoms with van der Waals surface area (Å²) in [6.45, 7) is 6.03. The molecule has 1 N–H and O–H groups in total. The average Bonchev–Trinajstić information content (AvgIpc) is 3.19. The van der Waals surface area contributed by atoms with Crippen LogP contribution in [0.4, 0.5) is 0 Å². The third-order valence-electron chi connectivity index (χ3n) is 4.94. The van der Waals surface area contributed by atoms with Crippen molar-refractivity contribution in [3.8, 4) is 11.1 Å².